The Labute approximate surface area is 164 Å². The lowest BCUT2D eigenvalue weighted by Crippen LogP contribution is -2.58. The molecule has 2 rings (SSSR count). The van der Waals surface area contributed by atoms with Crippen LogP contribution in [0.2, 0.25) is 0 Å². The first-order valence-corrected chi connectivity index (χ1v) is 10.3. The van der Waals surface area contributed by atoms with E-state index in [0.29, 0.717) is 5.56 Å². The molecule has 0 aliphatic rings. The zero-order valence-electron chi connectivity index (χ0n) is 15.8. The number of aliphatic hydroxyl groups excluding tert-OH is 1. The molecular weight excluding hydrogens is 380 g/mol. The Hall–Kier alpha value is -2.71. The summed E-state index contributed by atoms with van der Waals surface area (Å²) in [7, 11) is -4.47. The second kappa shape index (κ2) is 8.53. The average molecular weight is 404 g/mol. The zero-order valence-corrected chi connectivity index (χ0v) is 16.6. The van der Waals surface area contributed by atoms with Crippen molar-refractivity contribution in [1.82, 2.24) is 4.72 Å². The Morgan fingerprint density at radius 3 is 2.07 bits per heavy atom. The van der Waals surface area contributed by atoms with Crippen LogP contribution in [-0.2, 0) is 26.0 Å². The van der Waals surface area contributed by atoms with Crippen LogP contribution in [0, 0.1) is 0 Å². The molecule has 2 aromatic carbocycles. The molecule has 0 radical (unpaired) electrons. The van der Waals surface area contributed by atoms with Gasteiger partial charge < -0.3 is 10.8 Å². The molecule has 2 atom stereocenters. The van der Waals surface area contributed by atoms with Crippen molar-refractivity contribution in [2.24, 2.45) is 5.73 Å². The molecular formula is C20H24N2O5S. The number of nitrogens with one attached hydrogen (secondary N) is 1. The van der Waals surface area contributed by atoms with E-state index in [1.54, 1.807) is 16.9 Å². The summed E-state index contributed by atoms with van der Waals surface area (Å²) in [5, 5.41) is 9.30. The second-order valence-electron chi connectivity index (χ2n) is 6.60. The van der Waals surface area contributed by atoms with Gasteiger partial charge in [0.2, 0.25) is 15.9 Å². The normalized spacial score (nSPS) is 14.7. The first-order chi connectivity index (χ1) is 13.1. The van der Waals surface area contributed by atoms with E-state index >= 15 is 0 Å². The highest BCUT2D eigenvalue weighted by atomic mass is 32.2. The van der Waals surface area contributed by atoms with Crippen LogP contribution in [0.1, 0.15) is 25.8 Å². The summed E-state index contributed by atoms with van der Waals surface area (Å²) in [4.78, 5) is 23.9. The third kappa shape index (κ3) is 4.40. The second-order valence-corrected chi connectivity index (χ2v) is 8.59. The summed E-state index contributed by atoms with van der Waals surface area (Å²) in [6, 6.07) is 16.7. The Morgan fingerprint density at radius 1 is 1.07 bits per heavy atom. The van der Waals surface area contributed by atoms with Crippen LogP contribution in [0.15, 0.2) is 54.6 Å². The first kappa shape index (κ1) is 21.6. The van der Waals surface area contributed by atoms with Crippen LogP contribution in [0.5, 0.6) is 0 Å². The molecule has 7 nitrogen and oxygen atoms in total. The van der Waals surface area contributed by atoms with Gasteiger partial charge in [0.25, 0.3) is 5.91 Å². The van der Waals surface area contributed by atoms with E-state index in [2.05, 4.69) is 0 Å². The first-order valence-electron chi connectivity index (χ1n) is 8.81. The quantitative estimate of drug-likeness (QED) is 0.612. The summed E-state index contributed by atoms with van der Waals surface area (Å²) in [5.74, 6) is -2.17. The topological polar surface area (TPSA) is 127 Å². The third-order valence-corrected chi connectivity index (χ3v) is 6.83. The smallest absolute Gasteiger partial charge is 0.261 e. The Balaban J connectivity index is 2.37. The van der Waals surface area contributed by atoms with Gasteiger partial charge in [0.05, 0.1) is 0 Å². The van der Waals surface area contributed by atoms with E-state index in [1.165, 1.54) is 6.92 Å². The minimum atomic E-state index is -4.47. The molecule has 0 saturated heterocycles. The maximum absolute atomic E-state index is 12.8. The highest BCUT2D eigenvalue weighted by molar-refractivity contribution is 7.92. The molecule has 0 saturated carbocycles. The minimum Gasteiger partial charge on any atom is -0.384 e. The number of primary amides is 1. The van der Waals surface area contributed by atoms with Crippen LogP contribution in [0.4, 0.5) is 0 Å². The van der Waals surface area contributed by atoms with Crippen LogP contribution in [0.25, 0.3) is 11.1 Å². The zero-order chi connectivity index (χ0) is 20.9. The number of aliphatic hydroxyl groups is 1. The highest BCUT2D eigenvalue weighted by Gasteiger charge is 2.49. The molecule has 0 fully saturated rings. The SMILES string of the molecule is CCC(Cc1ccc(-c2ccccc2)cc1)(C(N)=O)S(=O)(=O)NC(=O)C(C)O. The molecule has 2 aromatic rings. The van der Waals surface area contributed by atoms with Crippen LogP contribution in [-0.4, -0.2) is 36.2 Å². The van der Waals surface area contributed by atoms with E-state index in [0.717, 1.165) is 18.1 Å². The van der Waals surface area contributed by atoms with Gasteiger partial charge >= 0.3 is 0 Å². The number of sulfonamides is 1. The van der Waals surface area contributed by atoms with Crippen molar-refractivity contribution < 1.29 is 23.1 Å². The molecule has 2 unspecified atom stereocenters. The minimum absolute atomic E-state index is 0.134. The fourth-order valence-electron chi connectivity index (χ4n) is 2.89. The molecule has 150 valence electrons. The maximum atomic E-state index is 12.8. The molecule has 2 amide bonds. The van der Waals surface area contributed by atoms with Gasteiger partial charge in [-0.2, -0.15) is 0 Å². The van der Waals surface area contributed by atoms with Crippen LogP contribution < -0.4 is 10.5 Å². The van der Waals surface area contributed by atoms with Gasteiger partial charge in [0.1, 0.15) is 6.10 Å². The maximum Gasteiger partial charge on any atom is 0.261 e. The number of benzene rings is 2. The van der Waals surface area contributed by atoms with Gasteiger partial charge in [0.15, 0.2) is 4.75 Å². The Morgan fingerprint density at radius 2 is 1.61 bits per heavy atom. The van der Waals surface area contributed by atoms with Gasteiger partial charge in [0, 0.05) is 6.42 Å². The van der Waals surface area contributed by atoms with Crippen molar-refractivity contribution in [2.75, 3.05) is 0 Å². The van der Waals surface area contributed by atoms with Crippen molar-refractivity contribution >= 4 is 21.8 Å². The predicted molar refractivity (Wildman–Crippen MR) is 107 cm³/mol. The van der Waals surface area contributed by atoms with Gasteiger partial charge in [-0.1, -0.05) is 61.5 Å². The lowest BCUT2D eigenvalue weighted by Gasteiger charge is -2.29. The number of carbonyl (C=O) groups is 2. The van der Waals surface area contributed by atoms with Gasteiger partial charge in [-0.15, -0.1) is 0 Å². The summed E-state index contributed by atoms with van der Waals surface area (Å²) in [6.07, 6.45) is -1.87. The summed E-state index contributed by atoms with van der Waals surface area (Å²) in [5.41, 5.74) is 7.98. The van der Waals surface area contributed by atoms with E-state index in [1.807, 2.05) is 42.5 Å². The molecule has 28 heavy (non-hydrogen) atoms. The van der Waals surface area contributed by atoms with Crippen molar-refractivity contribution in [3.8, 4) is 11.1 Å². The molecule has 4 N–H and O–H groups in total. The number of rotatable bonds is 8. The van der Waals surface area contributed by atoms with E-state index in [-0.39, 0.29) is 12.8 Å². The lowest BCUT2D eigenvalue weighted by molar-refractivity contribution is -0.126. The highest BCUT2D eigenvalue weighted by Crippen LogP contribution is 2.28. The van der Waals surface area contributed by atoms with E-state index < -0.39 is 32.7 Å². The van der Waals surface area contributed by atoms with Gasteiger partial charge in [-0.25, -0.2) is 13.1 Å². The number of carbonyl (C=O) groups excluding carboxylic acids is 2. The number of hydrogen-bond acceptors (Lipinski definition) is 5. The predicted octanol–water partition coefficient (Wildman–Crippen LogP) is 1.36. The molecule has 0 aliphatic heterocycles. The fraction of sp³-hybridized carbons (Fsp3) is 0.300. The van der Waals surface area contributed by atoms with E-state index in [4.69, 9.17) is 5.73 Å². The largest absolute Gasteiger partial charge is 0.384 e. The number of hydrogen-bond donors (Lipinski definition) is 3. The summed E-state index contributed by atoms with van der Waals surface area (Å²) in [6.45, 7) is 2.64. The van der Waals surface area contributed by atoms with Gasteiger partial charge in [-0.05, 0) is 30.0 Å². The third-order valence-electron chi connectivity index (χ3n) is 4.70. The molecule has 0 bridgehead atoms. The van der Waals surface area contributed by atoms with Crippen molar-refractivity contribution in [3.63, 3.8) is 0 Å². The number of amides is 2. The van der Waals surface area contributed by atoms with Crippen molar-refractivity contribution in [2.45, 2.75) is 37.5 Å². The lowest BCUT2D eigenvalue weighted by atomic mass is 9.94. The van der Waals surface area contributed by atoms with Crippen molar-refractivity contribution in [1.29, 1.82) is 0 Å². The van der Waals surface area contributed by atoms with Gasteiger partial charge in [-0.3, -0.25) is 9.59 Å². The van der Waals surface area contributed by atoms with Crippen LogP contribution in [0.3, 0.4) is 0 Å². The monoisotopic (exact) mass is 404 g/mol. The van der Waals surface area contributed by atoms with Crippen molar-refractivity contribution in [3.05, 3.63) is 60.2 Å². The molecule has 0 aliphatic carbocycles. The molecule has 0 heterocycles. The molecule has 8 heteroatoms. The summed E-state index contributed by atoms with van der Waals surface area (Å²) < 4.78 is 25.3. The Kier molecular flexibility index (Phi) is 6.58. The van der Waals surface area contributed by atoms with Crippen LogP contribution >= 0.6 is 0 Å². The van der Waals surface area contributed by atoms with E-state index in [9.17, 15) is 23.1 Å². The molecule has 0 aromatic heterocycles. The Bertz CT molecular complexity index is 940. The fourth-order valence-corrected chi connectivity index (χ4v) is 4.53. The molecule has 0 spiro atoms. The summed E-state index contributed by atoms with van der Waals surface area (Å²) >= 11 is 0. The average Bonchev–Trinajstić information content (AvgIpc) is 2.66. The number of nitrogens with two attached hydrogens (primary N) is 1. The standard InChI is InChI=1S/C20H24N2O5S/c1-3-20(19(21)25,28(26,27)22-18(24)14(2)23)13-15-9-11-17(12-10-15)16-7-5-4-6-8-16/h4-12,14,23H,3,13H2,1-2H3,(H2,21,25)(H,22,24).